The van der Waals surface area contributed by atoms with Crippen LogP contribution in [0.3, 0.4) is 0 Å². The van der Waals surface area contributed by atoms with Gasteiger partial charge < -0.3 is 29.7 Å². The molecule has 3 aliphatic rings. The van der Waals surface area contributed by atoms with Crippen LogP contribution in [0.15, 0.2) is 60.9 Å². The van der Waals surface area contributed by atoms with E-state index in [0.29, 0.717) is 18.4 Å². The lowest BCUT2D eigenvalue weighted by Crippen LogP contribution is -2.54. The van der Waals surface area contributed by atoms with Crippen LogP contribution < -0.4 is 5.32 Å². The minimum atomic E-state index is -0.864. The van der Waals surface area contributed by atoms with Crippen molar-refractivity contribution in [2.24, 2.45) is 17.8 Å². The van der Waals surface area contributed by atoms with Crippen LogP contribution in [-0.2, 0) is 14.3 Å². The van der Waals surface area contributed by atoms with Gasteiger partial charge in [-0.25, -0.2) is 14.8 Å². The number of hydrogen-bond acceptors (Lipinski definition) is 6. The second-order valence-corrected chi connectivity index (χ2v) is 13.5. The lowest BCUT2D eigenvalue weighted by atomic mass is 9.80. The van der Waals surface area contributed by atoms with Crippen molar-refractivity contribution in [2.45, 2.75) is 70.1 Å². The number of H-pyrrole nitrogens is 2. The Morgan fingerprint density at radius 3 is 2.00 bits per heavy atom. The van der Waals surface area contributed by atoms with Gasteiger partial charge in [0.25, 0.3) is 0 Å². The number of hydrogen-bond donors (Lipinski definition) is 3. The SMILES string of the molecule is COC(=O)NC(C(=O)N1CCCC1c1ncc(-c2ccc(-c3ccc(-c4cnc(C5C6CCC(C6)C5C)[nH]4)cc3)cc2)[nH]1)C(C)OC. The largest absolute Gasteiger partial charge is 0.453 e. The Labute approximate surface area is 275 Å². The molecule has 10 heteroatoms. The summed E-state index contributed by atoms with van der Waals surface area (Å²) < 4.78 is 10.1. The van der Waals surface area contributed by atoms with E-state index in [4.69, 9.17) is 14.5 Å². The molecule has 4 aromatic rings. The van der Waals surface area contributed by atoms with Crippen LogP contribution >= 0.6 is 0 Å². The van der Waals surface area contributed by atoms with Crippen molar-refractivity contribution in [1.82, 2.24) is 30.2 Å². The number of alkyl carbamates (subject to hydrolysis) is 1. The van der Waals surface area contributed by atoms with E-state index in [-0.39, 0.29) is 11.9 Å². The number of aromatic amines is 2. The fourth-order valence-corrected chi connectivity index (χ4v) is 8.24. The molecule has 3 heterocycles. The molecule has 7 rings (SSSR count). The molecule has 2 saturated carbocycles. The summed E-state index contributed by atoms with van der Waals surface area (Å²) in [7, 11) is 2.79. The first-order chi connectivity index (χ1) is 22.8. The summed E-state index contributed by atoms with van der Waals surface area (Å²) in [5, 5.41) is 2.63. The number of ether oxygens (including phenoxy) is 2. The molecule has 0 spiro atoms. The van der Waals surface area contributed by atoms with E-state index in [9.17, 15) is 9.59 Å². The number of rotatable bonds is 9. The molecule has 3 fully saturated rings. The molecule has 0 radical (unpaired) electrons. The predicted octanol–water partition coefficient (Wildman–Crippen LogP) is 6.71. The number of nitrogens with one attached hydrogen (secondary N) is 3. The monoisotopic (exact) mass is 636 g/mol. The smallest absolute Gasteiger partial charge is 0.407 e. The van der Waals surface area contributed by atoms with Crippen LogP contribution in [0.25, 0.3) is 33.6 Å². The second-order valence-electron chi connectivity index (χ2n) is 13.5. The number of likely N-dealkylation sites (tertiary alicyclic amines) is 1. The number of benzene rings is 2. The number of imidazole rings is 2. The first kappa shape index (κ1) is 31.2. The molecule has 2 bridgehead atoms. The maximum atomic E-state index is 13.6. The summed E-state index contributed by atoms with van der Waals surface area (Å²) in [6, 6.07) is 16.0. The highest BCUT2D eigenvalue weighted by molar-refractivity contribution is 5.87. The van der Waals surface area contributed by atoms with Gasteiger partial charge in [0.1, 0.15) is 17.7 Å². The average molecular weight is 637 g/mol. The number of methoxy groups -OCH3 is 2. The van der Waals surface area contributed by atoms with Crippen molar-refractivity contribution >= 4 is 12.0 Å². The third-order valence-corrected chi connectivity index (χ3v) is 11.0. The number of aromatic nitrogens is 4. The molecule has 2 amide bonds. The topological polar surface area (TPSA) is 125 Å². The van der Waals surface area contributed by atoms with Crippen molar-refractivity contribution in [1.29, 1.82) is 0 Å². The lowest BCUT2D eigenvalue weighted by molar-refractivity contribution is -0.137. The highest BCUT2D eigenvalue weighted by Crippen LogP contribution is 2.55. The molecule has 2 aromatic carbocycles. The third-order valence-electron chi connectivity index (χ3n) is 11.0. The summed E-state index contributed by atoms with van der Waals surface area (Å²) in [5.74, 6) is 4.61. The summed E-state index contributed by atoms with van der Waals surface area (Å²) in [6.45, 7) is 4.73. The zero-order chi connectivity index (χ0) is 32.7. The van der Waals surface area contributed by atoms with Crippen molar-refractivity contribution in [2.75, 3.05) is 20.8 Å². The van der Waals surface area contributed by atoms with Gasteiger partial charge in [-0.1, -0.05) is 55.5 Å². The van der Waals surface area contributed by atoms with Crippen molar-refractivity contribution in [3.05, 3.63) is 72.6 Å². The zero-order valence-electron chi connectivity index (χ0n) is 27.5. The third kappa shape index (κ3) is 5.95. The van der Waals surface area contributed by atoms with E-state index in [1.165, 1.54) is 33.5 Å². The van der Waals surface area contributed by atoms with Gasteiger partial charge in [-0.3, -0.25) is 4.79 Å². The van der Waals surface area contributed by atoms with Gasteiger partial charge >= 0.3 is 6.09 Å². The fourth-order valence-electron chi connectivity index (χ4n) is 8.24. The number of carbonyl (C=O) groups is 2. The molecule has 7 atom stereocenters. The fraction of sp³-hybridized carbons (Fsp3) is 0.459. The highest BCUT2D eigenvalue weighted by atomic mass is 16.5. The van der Waals surface area contributed by atoms with Crippen molar-refractivity contribution in [3.63, 3.8) is 0 Å². The molecule has 7 unspecified atom stereocenters. The first-order valence-corrected chi connectivity index (χ1v) is 16.8. The molecular formula is C37H44N6O4. The number of carbonyl (C=O) groups excluding carboxylic acids is 2. The molecule has 246 valence electrons. The lowest BCUT2D eigenvalue weighted by Gasteiger charge is -2.30. The minimum Gasteiger partial charge on any atom is -0.453 e. The summed E-state index contributed by atoms with van der Waals surface area (Å²) in [5.41, 5.74) is 6.40. The maximum absolute atomic E-state index is 13.6. The zero-order valence-corrected chi connectivity index (χ0v) is 27.5. The Bertz CT molecular complexity index is 1710. The highest BCUT2D eigenvalue weighted by Gasteiger charge is 2.47. The first-order valence-electron chi connectivity index (χ1n) is 16.8. The minimum absolute atomic E-state index is 0.219. The van der Waals surface area contributed by atoms with E-state index in [2.05, 4.69) is 75.7 Å². The number of amides is 2. The molecule has 10 nitrogen and oxygen atoms in total. The predicted molar refractivity (Wildman–Crippen MR) is 179 cm³/mol. The van der Waals surface area contributed by atoms with E-state index in [1.54, 1.807) is 11.8 Å². The molecule has 3 N–H and O–H groups in total. The Balaban J connectivity index is 1.02. The van der Waals surface area contributed by atoms with Crippen LogP contribution in [0, 0.1) is 17.8 Å². The van der Waals surface area contributed by atoms with E-state index in [1.807, 2.05) is 12.4 Å². The van der Waals surface area contributed by atoms with Gasteiger partial charge in [0.2, 0.25) is 5.91 Å². The van der Waals surface area contributed by atoms with Gasteiger partial charge in [-0.05, 0) is 79.0 Å². The van der Waals surface area contributed by atoms with Gasteiger partial charge in [-0.2, -0.15) is 0 Å². The van der Waals surface area contributed by atoms with Crippen molar-refractivity contribution < 1.29 is 19.1 Å². The number of fused-ring (bicyclic) bond motifs is 2. The Morgan fingerprint density at radius 2 is 1.43 bits per heavy atom. The van der Waals surface area contributed by atoms with Crippen LogP contribution in [0.5, 0.6) is 0 Å². The van der Waals surface area contributed by atoms with E-state index in [0.717, 1.165) is 70.0 Å². The summed E-state index contributed by atoms with van der Waals surface area (Å²) in [6.07, 6.45) is 8.33. The normalized spacial score (nSPS) is 24.8. The Kier molecular flexibility index (Phi) is 8.61. The van der Waals surface area contributed by atoms with Crippen LogP contribution in [0.4, 0.5) is 4.79 Å². The summed E-state index contributed by atoms with van der Waals surface area (Å²) >= 11 is 0. The summed E-state index contributed by atoms with van der Waals surface area (Å²) in [4.78, 5) is 43.9. The molecule has 1 aliphatic heterocycles. The number of nitrogens with zero attached hydrogens (tertiary/aromatic N) is 3. The Morgan fingerprint density at radius 1 is 0.851 bits per heavy atom. The van der Waals surface area contributed by atoms with E-state index >= 15 is 0 Å². The quantitative estimate of drug-likeness (QED) is 0.188. The molecule has 47 heavy (non-hydrogen) atoms. The van der Waals surface area contributed by atoms with Gasteiger partial charge in [-0.15, -0.1) is 0 Å². The molecule has 2 aromatic heterocycles. The van der Waals surface area contributed by atoms with Crippen molar-refractivity contribution in [3.8, 4) is 33.6 Å². The van der Waals surface area contributed by atoms with Crippen LogP contribution in [0.1, 0.15) is 69.6 Å². The maximum Gasteiger partial charge on any atom is 0.407 e. The van der Waals surface area contributed by atoms with Crippen LogP contribution in [0.2, 0.25) is 0 Å². The van der Waals surface area contributed by atoms with Gasteiger partial charge in [0.05, 0.1) is 43.0 Å². The average Bonchev–Trinajstić information content (AvgIpc) is 3.95. The standard InChI is InChI=1S/C37H44N6O4/c1-21-27-15-16-28(18-27)32(21)35-39-20-30(41-35)26-13-9-24(10-14-26)23-7-11-25(12-8-23)29-19-38-34(40-29)31-6-5-17-43(31)36(44)33(22(2)46-3)42-37(45)47-4/h7-14,19-22,27-28,31-33H,5-6,15-18H2,1-4H3,(H,38,40)(H,39,41)(H,42,45). The van der Waals surface area contributed by atoms with Gasteiger partial charge in [0, 0.05) is 19.6 Å². The molecule has 2 aliphatic carbocycles. The second kappa shape index (κ2) is 13.0. The van der Waals surface area contributed by atoms with E-state index < -0.39 is 18.2 Å². The Hall–Kier alpha value is -4.44. The van der Waals surface area contributed by atoms with Gasteiger partial charge in [0.15, 0.2) is 0 Å². The molecule has 1 saturated heterocycles. The molecular weight excluding hydrogens is 592 g/mol. The van der Waals surface area contributed by atoms with Crippen LogP contribution in [-0.4, -0.2) is 69.7 Å².